The third-order valence-electron chi connectivity index (χ3n) is 4.71. The summed E-state index contributed by atoms with van der Waals surface area (Å²) in [5.41, 5.74) is 3.42. The summed E-state index contributed by atoms with van der Waals surface area (Å²) in [7, 11) is 0. The van der Waals surface area contributed by atoms with Crippen LogP contribution < -0.4 is 4.74 Å². The first kappa shape index (κ1) is 20.0. The molecule has 136 valence electrons. The van der Waals surface area contributed by atoms with Crippen molar-refractivity contribution in [1.82, 2.24) is 0 Å². The standard InChI is InChI=1S/C22H24ClNO2/c1-15-5-7-18(8-6-15)22(3,4)19-11-17(13-24)21(20(23)12-19)26-10-9-16(2)14-25/h5-8,11-12,14,16H,9-10H2,1-4H3. The van der Waals surface area contributed by atoms with Crippen molar-refractivity contribution < 1.29 is 9.53 Å². The summed E-state index contributed by atoms with van der Waals surface area (Å²) in [4.78, 5) is 10.7. The van der Waals surface area contributed by atoms with Gasteiger partial charge in [0.15, 0.2) is 5.75 Å². The molecule has 2 rings (SSSR count). The van der Waals surface area contributed by atoms with Gasteiger partial charge in [-0.2, -0.15) is 5.26 Å². The first-order valence-corrected chi connectivity index (χ1v) is 9.06. The van der Waals surface area contributed by atoms with Crippen molar-refractivity contribution in [2.75, 3.05) is 6.61 Å². The summed E-state index contributed by atoms with van der Waals surface area (Å²) >= 11 is 6.44. The van der Waals surface area contributed by atoms with E-state index in [1.54, 1.807) is 0 Å². The van der Waals surface area contributed by atoms with E-state index in [4.69, 9.17) is 16.3 Å². The number of carbonyl (C=O) groups excluding carboxylic acids is 1. The number of rotatable bonds is 7. The summed E-state index contributed by atoms with van der Waals surface area (Å²) in [6, 6.07) is 14.2. The predicted octanol–water partition coefficient (Wildman–Crippen LogP) is 5.45. The van der Waals surface area contributed by atoms with Gasteiger partial charge in [-0.3, -0.25) is 0 Å². The maximum absolute atomic E-state index is 10.7. The number of aryl methyl sites for hydroxylation is 1. The van der Waals surface area contributed by atoms with Crippen LogP contribution >= 0.6 is 11.6 Å². The highest BCUT2D eigenvalue weighted by atomic mass is 35.5. The molecule has 4 heteroatoms. The van der Waals surface area contributed by atoms with E-state index >= 15 is 0 Å². The van der Waals surface area contributed by atoms with Crippen LogP contribution in [0.25, 0.3) is 0 Å². The molecule has 26 heavy (non-hydrogen) atoms. The third kappa shape index (κ3) is 4.45. The summed E-state index contributed by atoms with van der Waals surface area (Å²) in [6.45, 7) is 8.44. The molecule has 0 aliphatic heterocycles. The fraction of sp³-hybridized carbons (Fsp3) is 0.364. The van der Waals surface area contributed by atoms with Crippen molar-refractivity contribution in [3.8, 4) is 11.8 Å². The molecule has 0 spiro atoms. The second-order valence-electron chi connectivity index (χ2n) is 7.19. The average molecular weight is 370 g/mol. The lowest BCUT2D eigenvalue weighted by atomic mass is 9.77. The Labute approximate surface area is 160 Å². The molecule has 2 aromatic carbocycles. The second-order valence-corrected chi connectivity index (χ2v) is 7.60. The van der Waals surface area contributed by atoms with E-state index in [9.17, 15) is 10.1 Å². The third-order valence-corrected chi connectivity index (χ3v) is 4.99. The molecule has 0 aromatic heterocycles. The Morgan fingerprint density at radius 1 is 1.23 bits per heavy atom. The highest BCUT2D eigenvalue weighted by Gasteiger charge is 2.25. The van der Waals surface area contributed by atoms with Gasteiger partial charge in [0.1, 0.15) is 12.4 Å². The lowest BCUT2D eigenvalue weighted by molar-refractivity contribution is -0.111. The Hall–Kier alpha value is -2.31. The molecule has 0 amide bonds. The molecular weight excluding hydrogens is 346 g/mol. The molecule has 0 fully saturated rings. The minimum absolute atomic E-state index is 0.0842. The van der Waals surface area contributed by atoms with Crippen LogP contribution in [0.5, 0.6) is 5.75 Å². The maximum atomic E-state index is 10.7. The molecule has 0 heterocycles. The first-order chi connectivity index (χ1) is 12.3. The normalized spacial score (nSPS) is 12.3. The Kier molecular flexibility index (Phi) is 6.45. The molecule has 2 aromatic rings. The monoisotopic (exact) mass is 369 g/mol. The lowest BCUT2D eigenvalue weighted by Crippen LogP contribution is -2.19. The highest BCUT2D eigenvalue weighted by Crippen LogP contribution is 2.38. The lowest BCUT2D eigenvalue weighted by Gasteiger charge is -2.27. The SMILES string of the molecule is Cc1ccc(C(C)(C)c2cc(Cl)c(OCCC(C)C=O)c(C#N)c2)cc1. The quantitative estimate of drug-likeness (QED) is 0.609. The van der Waals surface area contributed by atoms with E-state index < -0.39 is 0 Å². The van der Waals surface area contributed by atoms with Gasteiger partial charge in [0, 0.05) is 11.3 Å². The molecule has 0 aliphatic rings. The number of hydrogen-bond donors (Lipinski definition) is 0. The second kappa shape index (κ2) is 8.38. The molecule has 0 radical (unpaired) electrons. The molecule has 0 bridgehead atoms. The van der Waals surface area contributed by atoms with Crippen molar-refractivity contribution in [2.24, 2.45) is 5.92 Å². The number of nitrogens with zero attached hydrogens (tertiary/aromatic N) is 1. The summed E-state index contributed by atoms with van der Waals surface area (Å²) < 4.78 is 5.71. The van der Waals surface area contributed by atoms with Crippen LogP contribution in [0.1, 0.15) is 49.4 Å². The largest absolute Gasteiger partial charge is 0.491 e. The number of aldehydes is 1. The van der Waals surface area contributed by atoms with E-state index in [1.807, 2.05) is 19.1 Å². The van der Waals surface area contributed by atoms with E-state index in [2.05, 4.69) is 51.1 Å². The number of benzene rings is 2. The van der Waals surface area contributed by atoms with Crippen LogP contribution in [0.3, 0.4) is 0 Å². The molecule has 0 saturated heterocycles. The van der Waals surface area contributed by atoms with Gasteiger partial charge in [-0.1, -0.05) is 62.2 Å². The minimum atomic E-state index is -0.298. The zero-order chi connectivity index (χ0) is 19.3. The molecule has 0 aliphatic carbocycles. The molecule has 0 N–H and O–H groups in total. The fourth-order valence-electron chi connectivity index (χ4n) is 2.74. The number of halogens is 1. The van der Waals surface area contributed by atoms with Crippen molar-refractivity contribution in [3.63, 3.8) is 0 Å². The molecule has 3 nitrogen and oxygen atoms in total. The minimum Gasteiger partial charge on any atom is -0.491 e. The van der Waals surface area contributed by atoms with Gasteiger partial charge in [-0.25, -0.2) is 0 Å². The topological polar surface area (TPSA) is 50.1 Å². The fourth-order valence-corrected chi connectivity index (χ4v) is 3.01. The zero-order valence-corrected chi connectivity index (χ0v) is 16.4. The number of carbonyl (C=O) groups is 1. The van der Waals surface area contributed by atoms with Crippen molar-refractivity contribution >= 4 is 17.9 Å². The smallest absolute Gasteiger partial charge is 0.155 e. The number of hydrogen-bond acceptors (Lipinski definition) is 3. The van der Waals surface area contributed by atoms with Crippen LogP contribution in [0.2, 0.25) is 5.02 Å². The van der Waals surface area contributed by atoms with Gasteiger partial charge in [-0.15, -0.1) is 0 Å². The van der Waals surface area contributed by atoms with Crippen LogP contribution in [-0.2, 0) is 10.2 Å². The molecule has 1 atom stereocenters. The number of nitriles is 1. The molecule has 0 saturated carbocycles. The van der Waals surface area contributed by atoms with Crippen LogP contribution in [-0.4, -0.2) is 12.9 Å². The molecular formula is C22H24ClNO2. The van der Waals surface area contributed by atoms with Crippen LogP contribution in [0.15, 0.2) is 36.4 Å². The summed E-state index contributed by atoms with van der Waals surface area (Å²) in [5.74, 6) is 0.301. The summed E-state index contributed by atoms with van der Waals surface area (Å²) in [6.07, 6.45) is 1.48. The van der Waals surface area contributed by atoms with Gasteiger partial charge in [0.25, 0.3) is 0 Å². The van der Waals surface area contributed by atoms with Gasteiger partial charge in [0.05, 0.1) is 17.2 Å². The Balaban J connectivity index is 2.34. The van der Waals surface area contributed by atoms with Gasteiger partial charge >= 0.3 is 0 Å². The van der Waals surface area contributed by atoms with E-state index in [0.717, 1.165) is 17.4 Å². The average Bonchev–Trinajstić information content (AvgIpc) is 2.62. The van der Waals surface area contributed by atoms with Gasteiger partial charge in [-0.05, 0) is 36.6 Å². The van der Waals surface area contributed by atoms with Crippen molar-refractivity contribution in [1.29, 1.82) is 5.26 Å². The van der Waals surface area contributed by atoms with E-state index in [1.165, 1.54) is 5.56 Å². The Morgan fingerprint density at radius 2 is 1.88 bits per heavy atom. The van der Waals surface area contributed by atoms with Gasteiger partial charge < -0.3 is 9.53 Å². The first-order valence-electron chi connectivity index (χ1n) is 8.69. The maximum Gasteiger partial charge on any atom is 0.155 e. The van der Waals surface area contributed by atoms with Crippen molar-refractivity contribution in [3.05, 3.63) is 63.7 Å². The van der Waals surface area contributed by atoms with Crippen LogP contribution in [0.4, 0.5) is 0 Å². The van der Waals surface area contributed by atoms with Crippen molar-refractivity contribution in [2.45, 2.75) is 39.5 Å². The van der Waals surface area contributed by atoms with Gasteiger partial charge in [0.2, 0.25) is 0 Å². The van der Waals surface area contributed by atoms with E-state index in [0.29, 0.717) is 29.4 Å². The zero-order valence-electron chi connectivity index (χ0n) is 15.7. The predicted molar refractivity (Wildman–Crippen MR) is 105 cm³/mol. The van der Waals surface area contributed by atoms with Crippen LogP contribution in [0, 0.1) is 24.2 Å². The Morgan fingerprint density at radius 3 is 2.46 bits per heavy atom. The molecule has 1 unspecified atom stereocenters. The van der Waals surface area contributed by atoms with E-state index in [-0.39, 0.29) is 11.3 Å². The summed E-state index contributed by atoms with van der Waals surface area (Å²) in [5, 5.41) is 9.96. The number of ether oxygens (including phenoxy) is 1. The highest BCUT2D eigenvalue weighted by molar-refractivity contribution is 6.32. The Bertz CT molecular complexity index is 819.